The second-order valence-corrected chi connectivity index (χ2v) is 3.37. The molecule has 1 fully saturated rings. The molecule has 64 valence electrons. The van der Waals surface area contributed by atoms with Crippen molar-refractivity contribution in [3.8, 4) is 0 Å². The van der Waals surface area contributed by atoms with Crippen LogP contribution < -0.4 is 5.32 Å². The van der Waals surface area contributed by atoms with Crippen LogP contribution in [0, 0.1) is 12.8 Å². The molecule has 0 aromatic carbocycles. The maximum absolute atomic E-state index is 4.30. The molecule has 3 heteroatoms. The van der Waals surface area contributed by atoms with E-state index in [9.17, 15) is 0 Å². The number of hydrogen-bond donors (Lipinski definition) is 1. The van der Waals surface area contributed by atoms with Crippen LogP contribution in [0.5, 0.6) is 0 Å². The molecular formula is C9H13N3. The molecule has 1 heterocycles. The van der Waals surface area contributed by atoms with Gasteiger partial charge in [-0.2, -0.15) is 0 Å². The standard InChI is InChI=1S/C9H13N3/c1-7-4-10-6-9(12-7)11-5-8-2-3-8/h4,6,8H,2-3,5H2,1H3,(H,11,12). The fourth-order valence-electron chi connectivity index (χ4n) is 1.12. The van der Waals surface area contributed by atoms with Crippen molar-refractivity contribution in [2.24, 2.45) is 5.92 Å². The lowest BCUT2D eigenvalue weighted by molar-refractivity contribution is 0.878. The number of anilines is 1. The Bertz CT molecular complexity index is 268. The van der Waals surface area contributed by atoms with Crippen LogP contribution in [-0.2, 0) is 0 Å². The van der Waals surface area contributed by atoms with E-state index in [-0.39, 0.29) is 0 Å². The number of rotatable bonds is 3. The quantitative estimate of drug-likeness (QED) is 0.735. The third-order valence-electron chi connectivity index (χ3n) is 2.02. The fourth-order valence-corrected chi connectivity index (χ4v) is 1.12. The second kappa shape index (κ2) is 3.09. The van der Waals surface area contributed by atoms with Crippen molar-refractivity contribution in [2.75, 3.05) is 11.9 Å². The number of aromatic nitrogens is 2. The first-order valence-electron chi connectivity index (χ1n) is 4.37. The number of hydrogen-bond acceptors (Lipinski definition) is 3. The van der Waals surface area contributed by atoms with Gasteiger partial charge >= 0.3 is 0 Å². The molecule has 12 heavy (non-hydrogen) atoms. The zero-order valence-electron chi connectivity index (χ0n) is 7.25. The van der Waals surface area contributed by atoms with Crippen LogP contribution in [0.15, 0.2) is 12.4 Å². The molecule has 0 saturated heterocycles. The molecule has 1 aliphatic carbocycles. The summed E-state index contributed by atoms with van der Waals surface area (Å²) >= 11 is 0. The summed E-state index contributed by atoms with van der Waals surface area (Å²) in [5.74, 6) is 1.79. The van der Waals surface area contributed by atoms with Crippen LogP contribution in [0.1, 0.15) is 18.5 Å². The van der Waals surface area contributed by atoms with Gasteiger partial charge in [-0.25, -0.2) is 4.98 Å². The smallest absolute Gasteiger partial charge is 0.144 e. The van der Waals surface area contributed by atoms with E-state index in [1.54, 1.807) is 12.4 Å². The minimum atomic E-state index is 0.882. The third kappa shape index (κ3) is 1.94. The Labute approximate surface area is 72.2 Å². The first-order valence-corrected chi connectivity index (χ1v) is 4.37. The molecule has 0 unspecified atom stereocenters. The Morgan fingerprint density at radius 2 is 2.33 bits per heavy atom. The summed E-state index contributed by atoms with van der Waals surface area (Å²) in [6, 6.07) is 0. The zero-order valence-corrected chi connectivity index (χ0v) is 7.25. The lowest BCUT2D eigenvalue weighted by Crippen LogP contribution is -2.05. The first kappa shape index (κ1) is 7.53. The van der Waals surface area contributed by atoms with Crippen LogP contribution in [0.4, 0.5) is 5.82 Å². The Morgan fingerprint density at radius 1 is 1.50 bits per heavy atom. The van der Waals surface area contributed by atoms with Crippen molar-refractivity contribution in [3.05, 3.63) is 18.1 Å². The predicted molar refractivity (Wildman–Crippen MR) is 48.0 cm³/mol. The van der Waals surface area contributed by atoms with Crippen molar-refractivity contribution in [2.45, 2.75) is 19.8 Å². The van der Waals surface area contributed by atoms with Gasteiger partial charge in [-0.05, 0) is 25.7 Å². The molecular weight excluding hydrogens is 150 g/mol. The highest BCUT2D eigenvalue weighted by molar-refractivity contribution is 5.31. The van der Waals surface area contributed by atoms with Gasteiger partial charge in [-0.1, -0.05) is 0 Å². The van der Waals surface area contributed by atoms with E-state index in [4.69, 9.17) is 0 Å². The van der Waals surface area contributed by atoms with Gasteiger partial charge in [0.2, 0.25) is 0 Å². The van der Waals surface area contributed by atoms with Gasteiger partial charge in [-0.3, -0.25) is 4.98 Å². The topological polar surface area (TPSA) is 37.8 Å². The van der Waals surface area contributed by atoms with E-state index < -0.39 is 0 Å². The molecule has 1 aromatic rings. The highest BCUT2D eigenvalue weighted by atomic mass is 15.0. The number of nitrogens with one attached hydrogen (secondary N) is 1. The maximum Gasteiger partial charge on any atom is 0.144 e. The van der Waals surface area contributed by atoms with E-state index >= 15 is 0 Å². The summed E-state index contributed by atoms with van der Waals surface area (Å²) in [4.78, 5) is 8.36. The molecule has 0 spiro atoms. The molecule has 3 nitrogen and oxygen atoms in total. The summed E-state index contributed by atoms with van der Waals surface area (Å²) in [6.45, 7) is 3.01. The van der Waals surface area contributed by atoms with Gasteiger partial charge in [0.1, 0.15) is 5.82 Å². The zero-order chi connectivity index (χ0) is 8.39. The summed E-state index contributed by atoms with van der Waals surface area (Å²) in [7, 11) is 0. The van der Waals surface area contributed by atoms with Gasteiger partial charge in [-0.15, -0.1) is 0 Å². The molecule has 0 atom stereocenters. The van der Waals surface area contributed by atoms with Crippen molar-refractivity contribution >= 4 is 5.82 Å². The SMILES string of the molecule is Cc1cncc(NCC2CC2)n1. The molecule has 2 rings (SSSR count). The third-order valence-corrected chi connectivity index (χ3v) is 2.02. The van der Waals surface area contributed by atoms with Gasteiger partial charge in [0, 0.05) is 12.7 Å². The minimum Gasteiger partial charge on any atom is -0.369 e. The normalized spacial score (nSPS) is 16.1. The number of aryl methyl sites for hydroxylation is 1. The Hall–Kier alpha value is -1.12. The number of nitrogens with zero attached hydrogens (tertiary/aromatic N) is 2. The molecule has 1 saturated carbocycles. The van der Waals surface area contributed by atoms with Gasteiger partial charge in [0.05, 0.1) is 11.9 Å². The highest BCUT2D eigenvalue weighted by Crippen LogP contribution is 2.28. The Kier molecular flexibility index (Phi) is 1.94. The van der Waals surface area contributed by atoms with E-state index in [0.717, 1.165) is 24.0 Å². The summed E-state index contributed by atoms with van der Waals surface area (Å²) < 4.78 is 0. The highest BCUT2D eigenvalue weighted by Gasteiger charge is 2.20. The van der Waals surface area contributed by atoms with Crippen LogP contribution in [0.25, 0.3) is 0 Å². The molecule has 0 bridgehead atoms. The molecule has 1 aromatic heterocycles. The van der Waals surface area contributed by atoms with Gasteiger partial charge in [0.15, 0.2) is 0 Å². The maximum atomic E-state index is 4.30. The molecule has 1 N–H and O–H groups in total. The van der Waals surface area contributed by atoms with Crippen molar-refractivity contribution in [1.29, 1.82) is 0 Å². The summed E-state index contributed by atoms with van der Waals surface area (Å²) in [5.41, 5.74) is 0.968. The largest absolute Gasteiger partial charge is 0.369 e. The van der Waals surface area contributed by atoms with Gasteiger partial charge in [0.25, 0.3) is 0 Å². The van der Waals surface area contributed by atoms with E-state index in [0.29, 0.717) is 0 Å². The van der Waals surface area contributed by atoms with Crippen molar-refractivity contribution in [1.82, 2.24) is 9.97 Å². The first-order chi connectivity index (χ1) is 5.84. The molecule has 0 amide bonds. The van der Waals surface area contributed by atoms with E-state index in [2.05, 4.69) is 15.3 Å². The Morgan fingerprint density at radius 3 is 3.00 bits per heavy atom. The second-order valence-electron chi connectivity index (χ2n) is 3.37. The lowest BCUT2D eigenvalue weighted by atomic mass is 10.4. The van der Waals surface area contributed by atoms with Crippen molar-refractivity contribution in [3.63, 3.8) is 0 Å². The fraction of sp³-hybridized carbons (Fsp3) is 0.556. The average Bonchev–Trinajstić information content (AvgIpc) is 2.84. The van der Waals surface area contributed by atoms with Crippen LogP contribution in [-0.4, -0.2) is 16.5 Å². The molecule has 1 aliphatic rings. The van der Waals surface area contributed by atoms with Crippen LogP contribution in [0.2, 0.25) is 0 Å². The minimum absolute atomic E-state index is 0.882. The average molecular weight is 163 g/mol. The van der Waals surface area contributed by atoms with Gasteiger partial charge < -0.3 is 5.32 Å². The summed E-state index contributed by atoms with van der Waals surface area (Å²) in [5, 5.41) is 3.27. The Balaban J connectivity index is 1.92. The lowest BCUT2D eigenvalue weighted by Gasteiger charge is -2.03. The van der Waals surface area contributed by atoms with Crippen molar-refractivity contribution < 1.29 is 0 Å². The summed E-state index contributed by atoms with van der Waals surface area (Å²) in [6.07, 6.45) is 6.27. The van der Waals surface area contributed by atoms with E-state index in [1.807, 2.05) is 6.92 Å². The predicted octanol–water partition coefficient (Wildman–Crippen LogP) is 1.61. The van der Waals surface area contributed by atoms with Crippen LogP contribution in [0.3, 0.4) is 0 Å². The molecule has 0 radical (unpaired) electrons. The molecule has 0 aliphatic heterocycles. The monoisotopic (exact) mass is 163 g/mol. The van der Waals surface area contributed by atoms with E-state index in [1.165, 1.54) is 12.8 Å². The van der Waals surface area contributed by atoms with Crippen LogP contribution >= 0.6 is 0 Å².